The number of halogens is 2. The molecular weight excluding hydrogens is 257 g/mol. The first kappa shape index (κ1) is 12.7. The first-order valence-corrected chi connectivity index (χ1v) is 6.10. The van der Waals surface area contributed by atoms with Crippen molar-refractivity contribution in [2.45, 2.75) is 39.3 Å². The Bertz CT molecular complexity index is 314. The zero-order valence-electron chi connectivity index (χ0n) is 9.19. The van der Waals surface area contributed by atoms with E-state index in [9.17, 15) is 4.39 Å². The van der Waals surface area contributed by atoms with Gasteiger partial charge >= 0.3 is 0 Å². The van der Waals surface area contributed by atoms with Crippen LogP contribution in [0.3, 0.4) is 0 Å². The Hall–Kier alpha value is -0.410. The summed E-state index contributed by atoms with van der Waals surface area (Å²) in [6.07, 6.45) is 2.27. The van der Waals surface area contributed by atoms with Crippen molar-refractivity contribution in [1.29, 1.82) is 0 Å². The summed E-state index contributed by atoms with van der Waals surface area (Å²) in [6, 6.07) is 5.47. The summed E-state index contributed by atoms with van der Waals surface area (Å²) in [7, 11) is 0. The Morgan fingerprint density at radius 2 is 2.20 bits per heavy atom. The van der Waals surface area contributed by atoms with Crippen LogP contribution in [0, 0.1) is 5.82 Å². The molecule has 1 aromatic carbocycles. The van der Waals surface area contributed by atoms with E-state index in [4.69, 9.17) is 0 Å². The minimum Gasteiger partial charge on any atom is -0.310 e. The molecule has 1 nitrogen and oxygen atoms in total. The van der Waals surface area contributed by atoms with Crippen molar-refractivity contribution in [2.24, 2.45) is 0 Å². The van der Waals surface area contributed by atoms with Gasteiger partial charge in [0.05, 0.1) is 0 Å². The van der Waals surface area contributed by atoms with Crippen LogP contribution in [-0.4, -0.2) is 6.04 Å². The molecule has 0 saturated carbocycles. The van der Waals surface area contributed by atoms with Crippen molar-refractivity contribution in [3.63, 3.8) is 0 Å². The molecule has 1 N–H and O–H groups in total. The molecule has 1 rings (SSSR count). The molecule has 0 aliphatic heterocycles. The number of hydrogen-bond acceptors (Lipinski definition) is 1. The van der Waals surface area contributed by atoms with Gasteiger partial charge in [-0.1, -0.05) is 29.3 Å². The number of benzene rings is 1. The van der Waals surface area contributed by atoms with E-state index in [1.54, 1.807) is 6.07 Å². The quantitative estimate of drug-likeness (QED) is 0.859. The Morgan fingerprint density at radius 3 is 2.87 bits per heavy atom. The van der Waals surface area contributed by atoms with Gasteiger partial charge in [-0.25, -0.2) is 4.39 Å². The van der Waals surface area contributed by atoms with E-state index in [0.29, 0.717) is 18.2 Å². The van der Waals surface area contributed by atoms with Crippen LogP contribution in [0.5, 0.6) is 0 Å². The second-order valence-corrected chi connectivity index (χ2v) is 4.72. The fraction of sp³-hybridized carbons (Fsp3) is 0.500. The van der Waals surface area contributed by atoms with E-state index >= 15 is 0 Å². The van der Waals surface area contributed by atoms with E-state index in [0.717, 1.165) is 17.3 Å². The molecule has 0 heterocycles. The molecule has 0 aliphatic rings. The van der Waals surface area contributed by atoms with Crippen LogP contribution in [0.25, 0.3) is 0 Å². The maximum absolute atomic E-state index is 13.3. The van der Waals surface area contributed by atoms with Crippen molar-refractivity contribution in [2.75, 3.05) is 0 Å². The molecule has 1 atom stereocenters. The summed E-state index contributed by atoms with van der Waals surface area (Å²) in [5.41, 5.74) is 0.715. The fourth-order valence-corrected chi connectivity index (χ4v) is 1.91. The second kappa shape index (κ2) is 6.23. The SMILES string of the molecule is CCCC(C)NCc1cc(Br)ccc1F. The van der Waals surface area contributed by atoms with Crippen molar-refractivity contribution in [3.8, 4) is 0 Å². The lowest BCUT2D eigenvalue weighted by molar-refractivity contribution is 0.496. The van der Waals surface area contributed by atoms with Gasteiger partial charge in [0.2, 0.25) is 0 Å². The topological polar surface area (TPSA) is 12.0 Å². The lowest BCUT2D eigenvalue weighted by Crippen LogP contribution is -2.25. The molecule has 0 radical (unpaired) electrons. The van der Waals surface area contributed by atoms with E-state index in [1.807, 2.05) is 6.07 Å². The van der Waals surface area contributed by atoms with Crippen LogP contribution < -0.4 is 5.32 Å². The molecule has 84 valence electrons. The highest BCUT2D eigenvalue weighted by molar-refractivity contribution is 9.10. The summed E-state index contributed by atoms with van der Waals surface area (Å²) in [5, 5.41) is 3.31. The fourth-order valence-electron chi connectivity index (χ4n) is 1.50. The molecule has 0 saturated heterocycles. The lowest BCUT2D eigenvalue weighted by atomic mass is 10.1. The zero-order chi connectivity index (χ0) is 11.3. The molecule has 0 bridgehead atoms. The normalized spacial score (nSPS) is 12.8. The number of nitrogens with one attached hydrogen (secondary N) is 1. The predicted molar refractivity (Wildman–Crippen MR) is 65.3 cm³/mol. The summed E-state index contributed by atoms with van der Waals surface area (Å²) < 4.78 is 14.3. The van der Waals surface area contributed by atoms with Gasteiger partial charge in [-0.3, -0.25) is 0 Å². The molecular formula is C12H17BrFN. The van der Waals surface area contributed by atoms with Crippen LogP contribution in [-0.2, 0) is 6.54 Å². The maximum Gasteiger partial charge on any atom is 0.127 e. The highest BCUT2D eigenvalue weighted by Gasteiger charge is 2.04. The first-order valence-electron chi connectivity index (χ1n) is 5.30. The summed E-state index contributed by atoms with van der Waals surface area (Å²) >= 11 is 3.34. The molecule has 0 spiro atoms. The third kappa shape index (κ3) is 4.31. The average Bonchev–Trinajstić information content (AvgIpc) is 2.20. The van der Waals surface area contributed by atoms with E-state index in [-0.39, 0.29) is 5.82 Å². The molecule has 15 heavy (non-hydrogen) atoms. The minimum absolute atomic E-state index is 0.144. The van der Waals surface area contributed by atoms with Crippen LogP contribution in [0.2, 0.25) is 0 Å². The van der Waals surface area contributed by atoms with Crippen LogP contribution in [0.4, 0.5) is 4.39 Å². The van der Waals surface area contributed by atoms with Gasteiger partial charge in [-0.05, 0) is 31.5 Å². The van der Waals surface area contributed by atoms with Crippen molar-refractivity contribution in [1.82, 2.24) is 5.32 Å². The molecule has 0 fully saturated rings. The summed E-state index contributed by atoms with van der Waals surface area (Å²) in [6.45, 7) is 4.86. The number of hydrogen-bond donors (Lipinski definition) is 1. The van der Waals surface area contributed by atoms with Gasteiger partial charge in [0.25, 0.3) is 0 Å². The minimum atomic E-state index is -0.144. The van der Waals surface area contributed by atoms with E-state index < -0.39 is 0 Å². The highest BCUT2D eigenvalue weighted by Crippen LogP contribution is 2.15. The molecule has 1 unspecified atom stereocenters. The molecule has 1 aromatic rings. The predicted octanol–water partition coefficient (Wildman–Crippen LogP) is 3.87. The van der Waals surface area contributed by atoms with Crippen molar-refractivity contribution in [3.05, 3.63) is 34.1 Å². The zero-order valence-corrected chi connectivity index (χ0v) is 10.8. The summed E-state index contributed by atoms with van der Waals surface area (Å²) in [5.74, 6) is -0.144. The Labute approximate surface area is 99.2 Å². The van der Waals surface area contributed by atoms with Gasteiger partial charge in [0, 0.05) is 22.6 Å². The van der Waals surface area contributed by atoms with Crippen LogP contribution in [0.1, 0.15) is 32.3 Å². The Balaban J connectivity index is 2.53. The van der Waals surface area contributed by atoms with E-state index in [1.165, 1.54) is 6.07 Å². The maximum atomic E-state index is 13.3. The molecule has 0 aliphatic carbocycles. The Morgan fingerprint density at radius 1 is 1.47 bits per heavy atom. The van der Waals surface area contributed by atoms with E-state index in [2.05, 4.69) is 35.1 Å². The van der Waals surface area contributed by atoms with Gasteiger partial charge in [0.15, 0.2) is 0 Å². The molecule has 0 aromatic heterocycles. The van der Waals surface area contributed by atoms with Crippen molar-refractivity contribution >= 4 is 15.9 Å². The largest absolute Gasteiger partial charge is 0.310 e. The third-order valence-corrected chi connectivity index (χ3v) is 2.86. The van der Waals surface area contributed by atoms with Gasteiger partial charge in [-0.2, -0.15) is 0 Å². The highest BCUT2D eigenvalue weighted by atomic mass is 79.9. The number of rotatable bonds is 5. The Kier molecular flexibility index (Phi) is 5.26. The smallest absolute Gasteiger partial charge is 0.127 e. The van der Waals surface area contributed by atoms with Crippen LogP contribution in [0.15, 0.2) is 22.7 Å². The second-order valence-electron chi connectivity index (χ2n) is 3.81. The third-order valence-electron chi connectivity index (χ3n) is 2.37. The molecule has 3 heteroatoms. The monoisotopic (exact) mass is 273 g/mol. The standard InChI is InChI=1S/C12H17BrFN/c1-3-4-9(2)15-8-10-7-11(13)5-6-12(10)14/h5-7,9,15H,3-4,8H2,1-2H3. The van der Waals surface area contributed by atoms with Gasteiger partial charge in [0.1, 0.15) is 5.82 Å². The lowest BCUT2D eigenvalue weighted by Gasteiger charge is -2.13. The van der Waals surface area contributed by atoms with Crippen molar-refractivity contribution < 1.29 is 4.39 Å². The average molecular weight is 274 g/mol. The molecule has 0 amide bonds. The summed E-state index contributed by atoms with van der Waals surface area (Å²) in [4.78, 5) is 0. The van der Waals surface area contributed by atoms with Gasteiger partial charge in [-0.15, -0.1) is 0 Å². The first-order chi connectivity index (χ1) is 7.13. The van der Waals surface area contributed by atoms with Gasteiger partial charge < -0.3 is 5.32 Å². The van der Waals surface area contributed by atoms with Crippen LogP contribution >= 0.6 is 15.9 Å².